The smallest absolute Gasteiger partial charge is 0.347 e. The summed E-state index contributed by atoms with van der Waals surface area (Å²) in [6.07, 6.45) is 2.68. The number of hydrogen-bond donors (Lipinski definition) is 1. The van der Waals surface area contributed by atoms with Gasteiger partial charge < -0.3 is 14.8 Å². The molecule has 1 N–H and O–H groups in total. The fourth-order valence-electron chi connectivity index (χ4n) is 2.17. The van der Waals surface area contributed by atoms with E-state index in [2.05, 4.69) is 22.2 Å². The largest absolute Gasteiger partial charge is 0.462 e. The van der Waals surface area contributed by atoms with Crippen molar-refractivity contribution < 1.29 is 19.1 Å². The number of nitrogens with zero attached hydrogens (tertiary/aromatic N) is 2. The second-order valence-electron chi connectivity index (χ2n) is 4.98. The Bertz CT molecular complexity index is 803. The minimum absolute atomic E-state index is 0.156. The Morgan fingerprint density at radius 3 is 2.42 bits per heavy atom. The van der Waals surface area contributed by atoms with Crippen molar-refractivity contribution in [2.24, 2.45) is 0 Å². The van der Waals surface area contributed by atoms with Gasteiger partial charge in [-0.15, -0.1) is 11.8 Å². The van der Waals surface area contributed by atoms with E-state index in [4.69, 9.17) is 9.47 Å². The van der Waals surface area contributed by atoms with Crippen molar-refractivity contribution in [3.63, 3.8) is 0 Å². The van der Waals surface area contributed by atoms with Crippen molar-refractivity contribution in [3.05, 3.63) is 36.3 Å². The molecule has 0 saturated carbocycles. The molecule has 0 aliphatic carbocycles. The number of aromatic nitrogens is 2. The van der Waals surface area contributed by atoms with Gasteiger partial charge in [-0.1, -0.05) is 6.92 Å². The van der Waals surface area contributed by atoms with E-state index in [0.717, 1.165) is 21.6 Å². The molecule has 1 heterocycles. The number of ether oxygens (including phenoxy) is 2. The van der Waals surface area contributed by atoms with Gasteiger partial charge in [-0.25, -0.2) is 19.6 Å². The molecule has 1 aromatic carbocycles. The number of anilines is 1. The van der Waals surface area contributed by atoms with Crippen LogP contribution in [0, 0.1) is 0 Å². The lowest BCUT2D eigenvalue weighted by atomic mass is 10.2. The Morgan fingerprint density at radius 2 is 1.81 bits per heavy atom. The van der Waals surface area contributed by atoms with E-state index in [1.165, 1.54) is 12.5 Å². The summed E-state index contributed by atoms with van der Waals surface area (Å²) in [4.78, 5) is 33.6. The number of fused-ring (bicyclic) bond motifs is 1. The first-order chi connectivity index (χ1) is 12.6. The average molecular weight is 375 g/mol. The maximum atomic E-state index is 12.0. The highest BCUT2D eigenvalue weighted by molar-refractivity contribution is 7.99. The van der Waals surface area contributed by atoms with Crippen molar-refractivity contribution in [1.82, 2.24) is 9.97 Å². The summed E-state index contributed by atoms with van der Waals surface area (Å²) < 4.78 is 9.83. The van der Waals surface area contributed by atoms with Crippen LogP contribution in [0.15, 0.2) is 41.2 Å². The van der Waals surface area contributed by atoms with Crippen molar-refractivity contribution in [1.29, 1.82) is 0 Å². The molecule has 26 heavy (non-hydrogen) atoms. The van der Waals surface area contributed by atoms with Crippen LogP contribution in [-0.4, -0.2) is 40.9 Å². The van der Waals surface area contributed by atoms with Crippen molar-refractivity contribution >= 4 is 40.4 Å². The topological polar surface area (TPSA) is 90.4 Å². The summed E-state index contributed by atoms with van der Waals surface area (Å²) in [6.45, 7) is 5.72. The number of carbonyl (C=O) groups is 2. The second-order valence-corrected chi connectivity index (χ2v) is 6.31. The van der Waals surface area contributed by atoms with Gasteiger partial charge in [0.25, 0.3) is 0 Å². The molecular formula is C18H21N3O4S. The number of hydrogen-bond acceptors (Lipinski definition) is 8. The lowest BCUT2D eigenvalue weighted by Crippen LogP contribution is -2.19. The first-order valence-corrected chi connectivity index (χ1v) is 9.27. The molecule has 7 nitrogen and oxygen atoms in total. The molecule has 0 bridgehead atoms. The number of carbonyl (C=O) groups excluding carboxylic acids is 2. The Morgan fingerprint density at radius 1 is 1.12 bits per heavy atom. The van der Waals surface area contributed by atoms with Crippen molar-refractivity contribution in [2.45, 2.75) is 25.7 Å². The highest BCUT2D eigenvalue weighted by atomic mass is 32.2. The first-order valence-electron chi connectivity index (χ1n) is 8.29. The SMILES string of the molecule is CCOC(=O)C(=CNc1ncnc2ccc(SCC)cc12)C(=O)OCC. The number of esters is 2. The van der Waals surface area contributed by atoms with E-state index in [0.29, 0.717) is 5.82 Å². The minimum atomic E-state index is -0.751. The van der Waals surface area contributed by atoms with Gasteiger partial charge >= 0.3 is 11.9 Å². The Balaban J connectivity index is 2.37. The summed E-state index contributed by atoms with van der Waals surface area (Å²) in [7, 11) is 0. The van der Waals surface area contributed by atoms with Gasteiger partial charge in [-0.05, 0) is 37.8 Å². The van der Waals surface area contributed by atoms with Gasteiger partial charge in [0.2, 0.25) is 0 Å². The van der Waals surface area contributed by atoms with Crippen molar-refractivity contribution in [3.8, 4) is 0 Å². The minimum Gasteiger partial charge on any atom is -0.462 e. The third-order valence-electron chi connectivity index (χ3n) is 3.26. The molecule has 0 aliphatic rings. The molecule has 0 atom stereocenters. The van der Waals surface area contributed by atoms with Gasteiger partial charge in [-0.3, -0.25) is 0 Å². The van der Waals surface area contributed by atoms with Crippen LogP contribution in [0.4, 0.5) is 5.82 Å². The van der Waals surface area contributed by atoms with E-state index < -0.39 is 11.9 Å². The van der Waals surface area contributed by atoms with Crippen LogP contribution in [0.25, 0.3) is 10.9 Å². The molecular weight excluding hydrogens is 354 g/mol. The zero-order chi connectivity index (χ0) is 18.9. The third kappa shape index (κ3) is 4.95. The molecule has 138 valence electrons. The lowest BCUT2D eigenvalue weighted by molar-refractivity contribution is -0.146. The van der Waals surface area contributed by atoms with Gasteiger partial charge in [0.05, 0.1) is 18.7 Å². The highest BCUT2D eigenvalue weighted by Crippen LogP contribution is 2.26. The van der Waals surface area contributed by atoms with Crippen LogP contribution in [0.5, 0.6) is 0 Å². The lowest BCUT2D eigenvalue weighted by Gasteiger charge is -2.09. The molecule has 8 heteroatoms. The van der Waals surface area contributed by atoms with Crippen molar-refractivity contribution in [2.75, 3.05) is 24.3 Å². The molecule has 0 aliphatic heterocycles. The fraction of sp³-hybridized carbons (Fsp3) is 0.333. The quantitative estimate of drug-likeness (QED) is 0.247. The van der Waals surface area contributed by atoms with Crippen LogP contribution >= 0.6 is 11.8 Å². The van der Waals surface area contributed by atoms with Crippen LogP contribution in [-0.2, 0) is 19.1 Å². The van der Waals surface area contributed by atoms with E-state index in [1.807, 2.05) is 18.2 Å². The zero-order valence-electron chi connectivity index (χ0n) is 14.9. The third-order valence-corrected chi connectivity index (χ3v) is 4.14. The van der Waals surface area contributed by atoms with Gasteiger partial charge in [0.15, 0.2) is 5.57 Å². The summed E-state index contributed by atoms with van der Waals surface area (Å²) in [5.74, 6) is -0.0738. The average Bonchev–Trinajstić information content (AvgIpc) is 2.63. The summed E-state index contributed by atoms with van der Waals surface area (Å²) >= 11 is 1.70. The summed E-state index contributed by atoms with van der Waals surface area (Å²) in [5.41, 5.74) is 0.532. The number of nitrogens with one attached hydrogen (secondary N) is 1. The molecule has 0 fully saturated rings. The van der Waals surface area contributed by atoms with Crippen LogP contribution in [0.3, 0.4) is 0 Å². The summed E-state index contributed by atoms with van der Waals surface area (Å²) in [5, 5.41) is 3.70. The maximum absolute atomic E-state index is 12.0. The fourth-order valence-corrected chi connectivity index (χ4v) is 2.87. The number of benzene rings is 1. The van der Waals surface area contributed by atoms with Gasteiger partial charge in [0, 0.05) is 16.5 Å². The number of rotatable bonds is 8. The summed E-state index contributed by atoms with van der Waals surface area (Å²) in [6, 6.07) is 5.86. The Hall–Kier alpha value is -2.61. The highest BCUT2D eigenvalue weighted by Gasteiger charge is 2.21. The van der Waals surface area contributed by atoms with E-state index in [9.17, 15) is 9.59 Å². The molecule has 2 aromatic rings. The van der Waals surface area contributed by atoms with E-state index >= 15 is 0 Å². The molecule has 0 radical (unpaired) electrons. The second kappa shape index (κ2) is 9.76. The molecule has 0 unspecified atom stereocenters. The van der Waals surface area contributed by atoms with E-state index in [-0.39, 0.29) is 18.8 Å². The molecule has 0 saturated heterocycles. The molecule has 0 amide bonds. The first kappa shape index (κ1) is 19.7. The van der Waals surface area contributed by atoms with Crippen LogP contribution in [0.1, 0.15) is 20.8 Å². The predicted octanol–water partition coefficient (Wildman–Crippen LogP) is 3.16. The Kier molecular flexibility index (Phi) is 7.40. The standard InChI is InChI=1S/C18H21N3O4S/c1-4-24-17(22)14(18(23)25-5-2)10-19-16-13-9-12(26-6-3)7-8-15(13)20-11-21-16/h7-11H,4-6H2,1-3H3,(H,19,20,21). The predicted molar refractivity (Wildman–Crippen MR) is 101 cm³/mol. The normalized spacial score (nSPS) is 10.3. The monoisotopic (exact) mass is 375 g/mol. The number of thioether (sulfide) groups is 1. The van der Waals surface area contributed by atoms with Crippen LogP contribution in [0.2, 0.25) is 0 Å². The molecule has 0 spiro atoms. The van der Waals surface area contributed by atoms with Gasteiger partial charge in [-0.2, -0.15) is 0 Å². The zero-order valence-corrected chi connectivity index (χ0v) is 15.8. The maximum Gasteiger partial charge on any atom is 0.347 e. The van der Waals surface area contributed by atoms with E-state index in [1.54, 1.807) is 25.6 Å². The Labute approximate surface area is 156 Å². The molecule has 2 rings (SSSR count). The molecule has 1 aromatic heterocycles. The van der Waals surface area contributed by atoms with Crippen LogP contribution < -0.4 is 5.32 Å². The van der Waals surface area contributed by atoms with Gasteiger partial charge in [0.1, 0.15) is 12.1 Å².